The van der Waals surface area contributed by atoms with Crippen LogP contribution < -0.4 is 0 Å². The second-order valence-electron chi connectivity index (χ2n) is 7.47. The zero-order valence-corrected chi connectivity index (χ0v) is 14.2. The molecule has 152 valence electrons. The maximum Gasteiger partial charge on any atom is 0.426 e. The highest BCUT2D eigenvalue weighted by Crippen LogP contribution is 2.56. The van der Waals surface area contributed by atoms with Crippen molar-refractivity contribution in [3.8, 4) is 0 Å². The van der Waals surface area contributed by atoms with Gasteiger partial charge in [0.2, 0.25) is 0 Å². The molecule has 0 amide bonds. The lowest BCUT2D eigenvalue weighted by Crippen LogP contribution is -2.58. The van der Waals surface area contributed by atoms with Gasteiger partial charge in [0.05, 0.1) is 18.8 Å². The molecule has 27 heavy (non-hydrogen) atoms. The van der Waals surface area contributed by atoms with Gasteiger partial charge in [0.15, 0.2) is 0 Å². The topological polar surface area (TPSA) is 49.7 Å². The molecule has 0 unspecified atom stereocenters. The van der Waals surface area contributed by atoms with Gasteiger partial charge in [-0.2, -0.15) is 26.3 Å². The summed E-state index contributed by atoms with van der Waals surface area (Å²) in [6.07, 6.45) is -14.6. The molecule has 3 rings (SSSR count). The first kappa shape index (κ1) is 20.4. The fourth-order valence-electron chi connectivity index (χ4n) is 4.42. The van der Waals surface area contributed by atoms with Gasteiger partial charge >= 0.3 is 12.4 Å². The van der Waals surface area contributed by atoms with Crippen LogP contribution in [0, 0.1) is 17.8 Å². The van der Waals surface area contributed by atoms with E-state index in [-0.39, 0.29) is 25.4 Å². The van der Waals surface area contributed by atoms with E-state index in [0.29, 0.717) is 0 Å². The highest BCUT2D eigenvalue weighted by Gasteiger charge is 2.71. The Morgan fingerprint density at radius 3 is 2.07 bits per heavy atom. The molecule has 0 heterocycles. The van der Waals surface area contributed by atoms with Crippen LogP contribution in [-0.4, -0.2) is 40.4 Å². The van der Waals surface area contributed by atoms with E-state index in [9.17, 15) is 36.6 Å². The number of halogens is 6. The number of aliphatic hydroxyl groups is 2. The van der Waals surface area contributed by atoms with Gasteiger partial charge in [-0.15, -0.1) is 0 Å². The Morgan fingerprint density at radius 1 is 0.963 bits per heavy atom. The lowest BCUT2D eigenvalue weighted by Gasteiger charge is -2.39. The van der Waals surface area contributed by atoms with E-state index in [4.69, 9.17) is 4.74 Å². The summed E-state index contributed by atoms with van der Waals surface area (Å²) in [6.45, 7) is 0.200. The minimum atomic E-state index is -5.83. The highest BCUT2D eigenvalue weighted by molar-refractivity contribution is 5.14. The van der Waals surface area contributed by atoms with Crippen molar-refractivity contribution in [1.82, 2.24) is 0 Å². The largest absolute Gasteiger partial charge is 0.426 e. The summed E-state index contributed by atoms with van der Waals surface area (Å²) in [7, 11) is 0. The fraction of sp³-hybridized carbons (Fsp3) is 0.667. The van der Waals surface area contributed by atoms with Gasteiger partial charge in [0, 0.05) is 0 Å². The third-order valence-electron chi connectivity index (χ3n) is 5.81. The predicted octanol–water partition coefficient (Wildman–Crippen LogP) is 3.83. The molecule has 2 N–H and O–H groups in total. The van der Waals surface area contributed by atoms with Gasteiger partial charge in [-0.05, 0) is 42.6 Å². The van der Waals surface area contributed by atoms with Crippen LogP contribution >= 0.6 is 0 Å². The molecular formula is C18H20F6O3. The Labute approximate surface area is 151 Å². The molecule has 1 aromatic rings. The summed E-state index contributed by atoms with van der Waals surface area (Å²) >= 11 is 0. The maximum atomic E-state index is 12.9. The van der Waals surface area contributed by atoms with E-state index in [1.165, 1.54) is 0 Å². The van der Waals surface area contributed by atoms with Crippen LogP contribution in [0.15, 0.2) is 30.3 Å². The Bertz CT molecular complexity index is 629. The molecule has 9 heteroatoms. The monoisotopic (exact) mass is 398 g/mol. The van der Waals surface area contributed by atoms with Crippen LogP contribution in [0.4, 0.5) is 26.3 Å². The second kappa shape index (κ2) is 6.93. The zero-order chi connectivity index (χ0) is 20.0. The number of aliphatic hydroxyl groups excluding tert-OH is 1. The number of alkyl halides is 6. The molecular weight excluding hydrogens is 378 g/mol. The molecule has 0 radical (unpaired) electrons. The molecule has 2 fully saturated rings. The average molecular weight is 398 g/mol. The molecule has 1 aromatic carbocycles. The third kappa shape index (κ3) is 3.69. The van der Waals surface area contributed by atoms with Gasteiger partial charge in [0.1, 0.15) is 0 Å². The van der Waals surface area contributed by atoms with Gasteiger partial charge in [-0.1, -0.05) is 30.3 Å². The standard InChI is InChI=1S/C18H20F6O3/c19-17(20,21)16(26,18(22,23)24)8-12-6-11-7-13(12)14(25)15(11)27-9-10-4-2-1-3-5-10/h1-5,11-15,25-26H,6-9H2/t11-,12-,13-,14-,15+/m0/s1. The van der Waals surface area contributed by atoms with E-state index in [2.05, 4.69) is 0 Å². The molecule has 3 nitrogen and oxygen atoms in total. The summed E-state index contributed by atoms with van der Waals surface area (Å²) in [5, 5.41) is 19.8. The number of hydrogen-bond donors (Lipinski definition) is 2. The molecule has 2 saturated carbocycles. The zero-order valence-electron chi connectivity index (χ0n) is 14.2. The lowest BCUT2D eigenvalue weighted by atomic mass is 9.77. The molecule has 0 aromatic heterocycles. The highest BCUT2D eigenvalue weighted by atomic mass is 19.4. The Balaban J connectivity index is 1.66. The fourth-order valence-corrected chi connectivity index (χ4v) is 4.42. The van der Waals surface area contributed by atoms with E-state index in [1.807, 2.05) is 18.2 Å². The number of rotatable bonds is 5. The molecule has 0 saturated heterocycles. The van der Waals surface area contributed by atoms with Gasteiger partial charge in [0.25, 0.3) is 5.60 Å². The van der Waals surface area contributed by atoms with E-state index in [0.717, 1.165) is 5.56 Å². The Morgan fingerprint density at radius 2 is 1.56 bits per heavy atom. The van der Waals surface area contributed by atoms with Crippen LogP contribution in [0.2, 0.25) is 0 Å². The SMILES string of the molecule is O[C@H]1[C@H]2C[C@H](C[C@H]2CC(O)(C(F)(F)F)C(F)(F)F)[C@H]1OCc1ccccc1. The average Bonchev–Trinajstić information content (AvgIpc) is 3.09. The second-order valence-corrected chi connectivity index (χ2v) is 7.47. The van der Waals surface area contributed by atoms with Crippen LogP contribution in [-0.2, 0) is 11.3 Å². The molecule has 2 bridgehead atoms. The first-order valence-corrected chi connectivity index (χ1v) is 8.63. The maximum absolute atomic E-state index is 12.9. The first-order chi connectivity index (χ1) is 12.4. The smallest absolute Gasteiger partial charge is 0.390 e. The van der Waals surface area contributed by atoms with Crippen molar-refractivity contribution in [3.63, 3.8) is 0 Å². The van der Waals surface area contributed by atoms with E-state index >= 15 is 0 Å². The third-order valence-corrected chi connectivity index (χ3v) is 5.81. The quantitative estimate of drug-likeness (QED) is 0.742. The normalized spacial score (nSPS) is 31.5. The Kier molecular flexibility index (Phi) is 5.24. The van der Waals surface area contributed by atoms with Crippen molar-refractivity contribution in [1.29, 1.82) is 0 Å². The van der Waals surface area contributed by atoms with E-state index < -0.39 is 48.4 Å². The number of ether oxygens (including phenoxy) is 1. The van der Waals surface area contributed by atoms with Gasteiger partial charge in [-0.25, -0.2) is 0 Å². The van der Waals surface area contributed by atoms with Crippen LogP contribution in [0.25, 0.3) is 0 Å². The van der Waals surface area contributed by atoms with Crippen LogP contribution in [0.1, 0.15) is 24.8 Å². The van der Waals surface area contributed by atoms with Crippen molar-refractivity contribution in [2.45, 2.75) is 56.0 Å². The van der Waals surface area contributed by atoms with Gasteiger partial charge in [-0.3, -0.25) is 0 Å². The summed E-state index contributed by atoms with van der Waals surface area (Å²) in [6, 6.07) is 9.06. The molecule has 2 aliphatic carbocycles. The molecule has 0 aliphatic heterocycles. The molecule has 2 aliphatic rings. The van der Waals surface area contributed by atoms with Crippen molar-refractivity contribution in [3.05, 3.63) is 35.9 Å². The summed E-state index contributed by atoms with van der Waals surface area (Å²) in [4.78, 5) is 0. The first-order valence-electron chi connectivity index (χ1n) is 8.63. The summed E-state index contributed by atoms with van der Waals surface area (Å²) in [5.74, 6) is -2.16. The summed E-state index contributed by atoms with van der Waals surface area (Å²) in [5.41, 5.74) is -3.91. The minimum absolute atomic E-state index is 0.0512. The summed E-state index contributed by atoms with van der Waals surface area (Å²) < 4.78 is 83.2. The number of benzene rings is 1. The lowest BCUT2D eigenvalue weighted by molar-refractivity contribution is -0.373. The van der Waals surface area contributed by atoms with Crippen LogP contribution in [0.3, 0.4) is 0 Å². The number of fused-ring (bicyclic) bond motifs is 2. The Hall–Kier alpha value is -1.32. The predicted molar refractivity (Wildman–Crippen MR) is 82.4 cm³/mol. The van der Waals surface area contributed by atoms with Crippen molar-refractivity contribution < 1.29 is 41.3 Å². The van der Waals surface area contributed by atoms with Gasteiger partial charge < -0.3 is 14.9 Å². The number of hydrogen-bond acceptors (Lipinski definition) is 3. The molecule has 0 spiro atoms. The van der Waals surface area contributed by atoms with Crippen molar-refractivity contribution >= 4 is 0 Å². The minimum Gasteiger partial charge on any atom is -0.390 e. The molecule has 5 atom stereocenters. The van der Waals surface area contributed by atoms with E-state index in [1.54, 1.807) is 12.1 Å². The van der Waals surface area contributed by atoms with Crippen molar-refractivity contribution in [2.24, 2.45) is 17.8 Å². The van der Waals surface area contributed by atoms with Crippen molar-refractivity contribution in [2.75, 3.05) is 0 Å². The van der Waals surface area contributed by atoms with Crippen LogP contribution in [0.5, 0.6) is 0 Å².